The van der Waals surface area contributed by atoms with Gasteiger partial charge in [0.2, 0.25) is 0 Å². The van der Waals surface area contributed by atoms with Crippen molar-refractivity contribution in [3.63, 3.8) is 0 Å². The molecule has 0 saturated carbocycles. The summed E-state index contributed by atoms with van der Waals surface area (Å²) < 4.78 is 5.37. The molecule has 5 heteroatoms. The molecule has 1 aliphatic heterocycles. The maximum Gasteiger partial charge on any atom is 0.255 e. The van der Waals surface area contributed by atoms with Gasteiger partial charge in [-0.2, -0.15) is 0 Å². The van der Waals surface area contributed by atoms with Gasteiger partial charge in [-0.15, -0.1) is 0 Å². The fraction of sp³-hybridized carbons (Fsp3) is 0.278. The second-order valence-corrected chi connectivity index (χ2v) is 5.94. The van der Waals surface area contributed by atoms with E-state index in [2.05, 4.69) is 10.2 Å². The van der Waals surface area contributed by atoms with Gasteiger partial charge >= 0.3 is 0 Å². The second-order valence-electron chi connectivity index (χ2n) is 5.53. The van der Waals surface area contributed by atoms with E-state index >= 15 is 0 Å². The van der Waals surface area contributed by atoms with Crippen LogP contribution < -0.4 is 10.2 Å². The Labute approximate surface area is 141 Å². The number of carbonyl (C=O) groups excluding carboxylic acids is 1. The van der Waals surface area contributed by atoms with Crippen LogP contribution in [0.1, 0.15) is 15.9 Å². The van der Waals surface area contributed by atoms with Crippen LogP contribution in [0.2, 0.25) is 5.02 Å². The Hall–Kier alpha value is -2.04. The fourth-order valence-corrected chi connectivity index (χ4v) is 2.81. The van der Waals surface area contributed by atoms with E-state index in [1.54, 1.807) is 0 Å². The maximum absolute atomic E-state index is 12.5. The lowest BCUT2D eigenvalue weighted by Gasteiger charge is -2.29. The van der Waals surface area contributed by atoms with Crippen molar-refractivity contribution in [1.29, 1.82) is 0 Å². The predicted molar refractivity (Wildman–Crippen MR) is 93.6 cm³/mol. The summed E-state index contributed by atoms with van der Waals surface area (Å²) in [5, 5.41) is 3.45. The van der Waals surface area contributed by atoms with E-state index in [-0.39, 0.29) is 5.91 Å². The Morgan fingerprint density at radius 1 is 1.17 bits per heavy atom. The van der Waals surface area contributed by atoms with Gasteiger partial charge in [-0.1, -0.05) is 29.8 Å². The van der Waals surface area contributed by atoms with Gasteiger partial charge in [0.15, 0.2) is 0 Å². The van der Waals surface area contributed by atoms with Crippen molar-refractivity contribution in [3.05, 3.63) is 58.6 Å². The molecule has 2 aromatic carbocycles. The summed E-state index contributed by atoms with van der Waals surface area (Å²) in [6.45, 7) is 5.03. The molecule has 1 aliphatic rings. The quantitative estimate of drug-likeness (QED) is 0.932. The van der Waals surface area contributed by atoms with Crippen LogP contribution in [-0.4, -0.2) is 32.2 Å². The minimum Gasteiger partial charge on any atom is -0.378 e. The molecule has 0 unspecified atom stereocenters. The normalized spacial score (nSPS) is 14.6. The first kappa shape index (κ1) is 15.8. The molecule has 1 N–H and O–H groups in total. The summed E-state index contributed by atoms with van der Waals surface area (Å²) in [4.78, 5) is 14.7. The number of nitrogens with zero attached hydrogens (tertiary/aromatic N) is 1. The smallest absolute Gasteiger partial charge is 0.255 e. The number of halogens is 1. The van der Waals surface area contributed by atoms with Crippen molar-refractivity contribution in [2.75, 3.05) is 36.5 Å². The third kappa shape index (κ3) is 3.66. The van der Waals surface area contributed by atoms with Crippen LogP contribution in [0, 0.1) is 6.92 Å². The highest BCUT2D eigenvalue weighted by molar-refractivity contribution is 6.34. The number of ether oxygens (including phenoxy) is 1. The Morgan fingerprint density at radius 3 is 2.65 bits per heavy atom. The molecule has 1 heterocycles. The summed E-state index contributed by atoms with van der Waals surface area (Å²) in [6.07, 6.45) is 0. The van der Waals surface area contributed by atoms with Crippen LogP contribution in [0.25, 0.3) is 0 Å². The lowest BCUT2D eigenvalue weighted by Crippen LogP contribution is -2.36. The summed E-state index contributed by atoms with van der Waals surface area (Å²) in [6, 6.07) is 13.2. The second kappa shape index (κ2) is 7.02. The van der Waals surface area contributed by atoms with Gasteiger partial charge in [-0.05, 0) is 36.8 Å². The zero-order valence-corrected chi connectivity index (χ0v) is 13.8. The van der Waals surface area contributed by atoms with Crippen LogP contribution >= 0.6 is 11.6 Å². The van der Waals surface area contributed by atoms with Crippen molar-refractivity contribution in [3.8, 4) is 0 Å². The monoisotopic (exact) mass is 330 g/mol. The number of rotatable bonds is 3. The number of hydrogen-bond donors (Lipinski definition) is 1. The number of aryl methyl sites for hydroxylation is 1. The molecule has 0 aromatic heterocycles. The zero-order chi connectivity index (χ0) is 16.2. The highest BCUT2D eigenvalue weighted by atomic mass is 35.5. The summed E-state index contributed by atoms with van der Waals surface area (Å²) >= 11 is 6.25. The highest BCUT2D eigenvalue weighted by Crippen LogP contribution is 2.28. The third-order valence-corrected chi connectivity index (χ3v) is 4.29. The molecule has 0 spiro atoms. The molecule has 1 amide bonds. The lowest BCUT2D eigenvalue weighted by atomic mass is 10.1. The molecule has 4 nitrogen and oxygen atoms in total. The Bertz CT molecular complexity index is 712. The minimum absolute atomic E-state index is 0.149. The van der Waals surface area contributed by atoms with E-state index in [0.29, 0.717) is 29.5 Å². The number of carbonyl (C=O) groups is 1. The highest BCUT2D eigenvalue weighted by Gasteiger charge is 2.15. The van der Waals surface area contributed by atoms with Crippen LogP contribution in [0.3, 0.4) is 0 Å². The number of amides is 1. The maximum atomic E-state index is 12.5. The molecule has 2 aromatic rings. The largest absolute Gasteiger partial charge is 0.378 e. The van der Waals surface area contributed by atoms with E-state index in [1.807, 2.05) is 49.4 Å². The Morgan fingerprint density at radius 2 is 1.91 bits per heavy atom. The topological polar surface area (TPSA) is 41.6 Å². The number of benzene rings is 2. The average Bonchev–Trinajstić information content (AvgIpc) is 2.58. The lowest BCUT2D eigenvalue weighted by molar-refractivity contribution is 0.102. The zero-order valence-electron chi connectivity index (χ0n) is 13.0. The van der Waals surface area contributed by atoms with Gasteiger partial charge in [0.05, 0.1) is 23.9 Å². The number of anilines is 2. The van der Waals surface area contributed by atoms with Crippen LogP contribution in [0.15, 0.2) is 42.5 Å². The first-order valence-corrected chi connectivity index (χ1v) is 8.02. The molecule has 0 atom stereocenters. The van der Waals surface area contributed by atoms with Gasteiger partial charge in [0.25, 0.3) is 5.91 Å². The number of morpholine rings is 1. The van der Waals surface area contributed by atoms with Gasteiger partial charge in [0, 0.05) is 24.3 Å². The van der Waals surface area contributed by atoms with Gasteiger partial charge in [0.1, 0.15) is 0 Å². The molecule has 0 radical (unpaired) electrons. The van der Waals surface area contributed by atoms with E-state index in [0.717, 1.165) is 24.3 Å². The average molecular weight is 331 g/mol. The molecule has 120 valence electrons. The third-order valence-electron chi connectivity index (χ3n) is 3.96. The first-order chi connectivity index (χ1) is 11.1. The first-order valence-electron chi connectivity index (χ1n) is 7.64. The van der Waals surface area contributed by atoms with Gasteiger partial charge in [-0.25, -0.2) is 0 Å². The molecule has 1 saturated heterocycles. The van der Waals surface area contributed by atoms with Crippen molar-refractivity contribution < 1.29 is 9.53 Å². The van der Waals surface area contributed by atoms with Crippen LogP contribution in [-0.2, 0) is 4.74 Å². The van der Waals surface area contributed by atoms with Crippen molar-refractivity contribution in [2.45, 2.75) is 6.92 Å². The van der Waals surface area contributed by atoms with Gasteiger partial charge in [-0.3, -0.25) is 4.79 Å². The molecule has 1 fully saturated rings. The fourth-order valence-electron chi connectivity index (χ4n) is 2.64. The van der Waals surface area contributed by atoms with Gasteiger partial charge < -0.3 is 15.0 Å². The minimum atomic E-state index is -0.149. The summed E-state index contributed by atoms with van der Waals surface area (Å²) in [5.74, 6) is -0.149. The molecule has 0 aliphatic carbocycles. The van der Waals surface area contributed by atoms with Crippen LogP contribution in [0.4, 0.5) is 11.4 Å². The predicted octanol–water partition coefficient (Wildman–Crippen LogP) is 3.74. The molecular formula is C18H19ClN2O2. The van der Waals surface area contributed by atoms with E-state index in [1.165, 1.54) is 0 Å². The van der Waals surface area contributed by atoms with E-state index in [4.69, 9.17) is 16.3 Å². The summed E-state index contributed by atoms with van der Waals surface area (Å²) in [5.41, 5.74) is 3.26. The molecule has 0 bridgehead atoms. The van der Waals surface area contributed by atoms with E-state index in [9.17, 15) is 4.79 Å². The summed E-state index contributed by atoms with van der Waals surface area (Å²) in [7, 11) is 0. The SMILES string of the molecule is Cc1ccccc1C(=O)Nc1cc(N2CCOCC2)ccc1Cl. The van der Waals surface area contributed by atoms with E-state index < -0.39 is 0 Å². The number of hydrogen-bond acceptors (Lipinski definition) is 3. The van der Waals surface area contributed by atoms with Crippen LogP contribution in [0.5, 0.6) is 0 Å². The van der Waals surface area contributed by atoms with Crippen molar-refractivity contribution in [1.82, 2.24) is 0 Å². The Balaban J connectivity index is 1.82. The van der Waals surface area contributed by atoms with Crippen molar-refractivity contribution in [2.24, 2.45) is 0 Å². The van der Waals surface area contributed by atoms with Crippen molar-refractivity contribution >= 4 is 28.9 Å². The molecular weight excluding hydrogens is 312 g/mol. The molecule has 23 heavy (non-hydrogen) atoms. The molecule has 3 rings (SSSR count). The number of nitrogens with one attached hydrogen (secondary N) is 1. The standard InChI is InChI=1S/C18H19ClN2O2/c1-13-4-2-3-5-15(13)18(22)20-17-12-14(6-7-16(17)19)21-8-10-23-11-9-21/h2-7,12H,8-11H2,1H3,(H,20,22). The Kier molecular flexibility index (Phi) is 4.84.